The Morgan fingerprint density at radius 3 is 2.26 bits per heavy atom. The van der Waals surface area contributed by atoms with Crippen molar-refractivity contribution in [2.24, 2.45) is 5.41 Å². The molecule has 0 heterocycles. The Labute approximate surface area is 115 Å². The molecule has 0 amide bonds. The van der Waals surface area contributed by atoms with Crippen LogP contribution in [0.5, 0.6) is 11.5 Å². The van der Waals surface area contributed by atoms with E-state index >= 15 is 0 Å². The van der Waals surface area contributed by atoms with E-state index in [4.69, 9.17) is 9.47 Å². The van der Waals surface area contributed by atoms with Crippen LogP contribution in [0.4, 0.5) is 0 Å². The fourth-order valence-electron chi connectivity index (χ4n) is 1.38. The van der Waals surface area contributed by atoms with Crippen molar-refractivity contribution < 1.29 is 17.9 Å². The third-order valence-corrected chi connectivity index (χ3v) is 3.88. The molecule has 0 spiro atoms. The van der Waals surface area contributed by atoms with Gasteiger partial charge in [0.1, 0.15) is 16.4 Å². The molecule has 0 radical (unpaired) electrons. The Bertz CT molecular complexity index is 532. The molecule has 1 rings (SSSR count). The molecule has 0 bridgehead atoms. The Kier molecular flexibility index (Phi) is 4.81. The van der Waals surface area contributed by atoms with Crippen molar-refractivity contribution in [1.29, 1.82) is 0 Å². The lowest BCUT2D eigenvalue weighted by Gasteiger charge is -2.19. The molecular weight excluding hydrogens is 266 g/mol. The second-order valence-corrected chi connectivity index (χ2v) is 7.14. The van der Waals surface area contributed by atoms with Crippen LogP contribution in [0.15, 0.2) is 23.1 Å². The van der Waals surface area contributed by atoms with Gasteiger partial charge in [0.25, 0.3) is 0 Å². The fraction of sp³-hybridized carbons (Fsp3) is 0.538. The quantitative estimate of drug-likeness (QED) is 0.900. The predicted molar refractivity (Wildman–Crippen MR) is 74.2 cm³/mol. The van der Waals surface area contributed by atoms with Crippen LogP contribution in [0.3, 0.4) is 0 Å². The number of benzene rings is 1. The lowest BCUT2D eigenvalue weighted by molar-refractivity contribution is 0.389. The first-order valence-corrected chi connectivity index (χ1v) is 7.39. The lowest BCUT2D eigenvalue weighted by Crippen LogP contribution is -2.32. The SMILES string of the molecule is COc1ccc(OC)c(S(=O)(=O)NCC(C)(C)C)c1. The molecule has 108 valence electrons. The van der Waals surface area contributed by atoms with Crippen LogP contribution in [0.25, 0.3) is 0 Å². The first-order chi connectivity index (χ1) is 8.69. The summed E-state index contributed by atoms with van der Waals surface area (Å²) in [5, 5.41) is 0. The van der Waals surface area contributed by atoms with Crippen LogP contribution in [-0.2, 0) is 10.0 Å². The second-order valence-electron chi connectivity index (χ2n) is 5.40. The molecular formula is C13H21NO4S. The first kappa shape index (κ1) is 15.8. The van der Waals surface area contributed by atoms with Gasteiger partial charge in [0.15, 0.2) is 0 Å². The number of rotatable bonds is 5. The summed E-state index contributed by atoms with van der Waals surface area (Å²) < 4.78 is 37.3. The van der Waals surface area contributed by atoms with E-state index in [1.807, 2.05) is 20.8 Å². The molecule has 1 aromatic carbocycles. The molecule has 0 saturated heterocycles. The van der Waals surface area contributed by atoms with Gasteiger partial charge in [-0.15, -0.1) is 0 Å². The van der Waals surface area contributed by atoms with E-state index in [0.717, 1.165) is 0 Å². The molecule has 0 aliphatic rings. The van der Waals surface area contributed by atoms with Crippen molar-refractivity contribution >= 4 is 10.0 Å². The maximum Gasteiger partial charge on any atom is 0.244 e. The topological polar surface area (TPSA) is 64.6 Å². The summed E-state index contributed by atoms with van der Waals surface area (Å²) in [5.74, 6) is 0.763. The molecule has 0 saturated carbocycles. The number of methoxy groups -OCH3 is 2. The van der Waals surface area contributed by atoms with Crippen molar-refractivity contribution in [1.82, 2.24) is 4.72 Å². The minimum absolute atomic E-state index is 0.0820. The molecule has 0 fully saturated rings. The zero-order valence-corrected chi connectivity index (χ0v) is 12.8. The van der Waals surface area contributed by atoms with Gasteiger partial charge < -0.3 is 9.47 Å². The smallest absolute Gasteiger partial charge is 0.244 e. The summed E-state index contributed by atoms with van der Waals surface area (Å²) in [7, 11) is -0.702. The first-order valence-electron chi connectivity index (χ1n) is 5.91. The van der Waals surface area contributed by atoms with Crippen LogP contribution >= 0.6 is 0 Å². The second kappa shape index (κ2) is 5.79. The molecule has 1 N–H and O–H groups in total. The Morgan fingerprint density at radius 2 is 1.79 bits per heavy atom. The Hall–Kier alpha value is -1.27. The summed E-state index contributed by atoms with van der Waals surface area (Å²) >= 11 is 0. The molecule has 6 heteroatoms. The maximum atomic E-state index is 12.3. The minimum Gasteiger partial charge on any atom is -0.497 e. The highest BCUT2D eigenvalue weighted by Crippen LogP contribution is 2.28. The van der Waals surface area contributed by atoms with Gasteiger partial charge in [0.2, 0.25) is 10.0 Å². The monoisotopic (exact) mass is 287 g/mol. The van der Waals surface area contributed by atoms with Crippen molar-refractivity contribution in [3.8, 4) is 11.5 Å². The summed E-state index contributed by atoms with van der Waals surface area (Å²) in [4.78, 5) is 0.0820. The van der Waals surface area contributed by atoms with E-state index in [2.05, 4.69) is 4.72 Å². The van der Waals surface area contributed by atoms with Crippen LogP contribution in [0.1, 0.15) is 20.8 Å². The summed E-state index contributed by atoms with van der Waals surface area (Å²) in [6, 6.07) is 4.68. The van der Waals surface area contributed by atoms with Gasteiger partial charge in [0, 0.05) is 12.6 Å². The molecule has 19 heavy (non-hydrogen) atoms. The molecule has 0 aliphatic heterocycles. The van der Waals surface area contributed by atoms with Gasteiger partial charge in [-0.2, -0.15) is 0 Å². The van der Waals surface area contributed by atoms with Gasteiger partial charge >= 0.3 is 0 Å². The van der Waals surface area contributed by atoms with E-state index in [0.29, 0.717) is 18.0 Å². The van der Waals surface area contributed by atoms with E-state index in [-0.39, 0.29) is 10.3 Å². The summed E-state index contributed by atoms with van der Waals surface area (Å²) in [5.41, 5.74) is -0.140. The van der Waals surface area contributed by atoms with Crippen molar-refractivity contribution in [2.75, 3.05) is 20.8 Å². The van der Waals surface area contributed by atoms with Gasteiger partial charge in [-0.25, -0.2) is 13.1 Å². The Morgan fingerprint density at radius 1 is 1.16 bits per heavy atom. The van der Waals surface area contributed by atoms with Gasteiger partial charge in [-0.3, -0.25) is 0 Å². The van der Waals surface area contributed by atoms with Crippen molar-refractivity contribution in [3.63, 3.8) is 0 Å². The molecule has 5 nitrogen and oxygen atoms in total. The highest BCUT2D eigenvalue weighted by atomic mass is 32.2. The molecule has 0 aromatic heterocycles. The normalized spacial score (nSPS) is 12.3. The van der Waals surface area contributed by atoms with Crippen LogP contribution in [0, 0.1) is 5.41 Å². The van der Waals surface area contributed by atoms with E-state index in [9.17, 15) is 8.42 Å². The lowest BCUT2D eigenvalue weighted by atomic mass is 9.98. The average molecular weight is 287 g/mol. The number of hydrogen-bond donors (Lipinski definition) is 1. The highest BCUT2D eigenvalue weighted by molar-refractivity contribution is 7.89. The standard InChI is InChI=1S/C13H21NO4S/c1-13(2,3)9-14-19(15,16)12-8-10(17-4)6-7-11(12)18-5/h6-8,14H,9H2,1-5H3. The van der Waals surface area contributed by atoms with E-state index in [1.54, 1.807) is 12.1 Å². The van der Waals surface area contributed by atoms with Gasteiger partial charge in [-0.05, 0) is 17.5 Å². The largest absolute Gasteiger partial charge is 0.497 e. The zero-order chi connectivity index (χ0) is 14.7. The predicted octanol–water partition coefficient (Wildman–Crippen LogP) is 2.03. The number of nitrogens with one attached hydrogen (secondary N) is 1. The van der Waals surface area contributed by atoms with Crippen molar-refractivity contribution in [3.05, 3.63) is 18.2 Å². The highest BCUT2D eigenvalue weighted by Gasteiger charge is 2.22. The summed E-state index contributed by atoms with van der Waals surface area (Å²) in [6.45, 7) is 6.21. The third-order valence-electron chi connectivity index (χ3n) is 2.45. The van der Waals surface area contributed by atoms with Gasteiger partial charge in [-0.1, -0.05) is 20.8 Å². The van der Waals surface area contributed by atoms with Crippen molar-refractivity contribution in [2.45, 2.75) is 25.7 Å². The van der Waals surface area contributed by atoms with E-state index < -0.39 is 10.0 Å². The summed E-state index contributed by atoms with van der Waals surface area (Å²) in [6.07, 6.45) is 0. The van der Waals surface area contributed by atoms with Gasteiger partial charge in [0.05, 0.1) is 14.2 Å². The number of ether oxygens (including phenoxy) is 2. The minimum atomic E-state index is -3.62. The van der Waals surface area contributed by atoms with Crippen LogP contribution in [0.2, 0.25) is 0 Å². The Balaban J connectivity index is 3.12. The molecule has 0 unspecified atom stereocenters. The third kappa shape index (κ3) is 4.40. The average Bonchev–Trinajstić information content (AvgIpc) is 2.35. The fourth-order valence-corrected chi connectivity index (χ4v) is 2.85. The van der Waals surface area contributed by atoms with Crippen LogP contribution in [-0.4, -0.2) is 29.2 Å². The molecule has 0 atom stereocenters. The maximum absolute atomic E-state index is 12.3. The number of sulfonamides is 1. The molecule has 1 aromatic rings. The number of hydrogen-bond acceptors (Lipinski definition) is 4. The zero-order valence-electron chi connectivity index (χ0n) is 12.0. The van der Waals surface area contributed by atoms with Crippen LogP contribution < -0.4 is 14.2 Å². The molecule has 0 aliphatic carbocycles. The van der Waals surface area contributed by atoms with E-state index in [1.165, 1.54) is 20.3 Å².